The molecule has 3 rings (SSSR count). The van der Waals surface area contributed by atoms with E-state index in [4.69, 9.17) is 4.74 Å². The predicted molar refractivity (Wildman–Crippen MR) is 98.4 cm³/mol. The van der Waals surface area contributed by atoms with Crippen LogP contribution in [-0.4, -0.2) is 44.3 Å². The van der Waals surface area contributed by atoms with Crippen LogP contribution < -0.4 is 0 Å². The van der Waals surface area contributed by atoms with Crippen molar-refractivity contribution in [1.29, 1.82) is 0 Å². The fraction of sp³-hybridized carbons (Fsp3) is 0.368. The molecule has 3 aromatic rings. The highest BCUT2D eigenvalue weighted by atomic mass is 19.4. The second-order valence-electron chi connectivity index (χ2n) is 6.57. The van der Waals surface area contributed by atoms with Gasteiger partial charge in [0.2, 0.25) is 5.82 Å². The third-order valence-corrected chi connectivity index (χ3v) is 4.58. The third-order valence-electron chi connectivity index (χ3n) is 4.58. The maximum Gasteiger partial charge on any atom is 0.416 e. The minimum absolute atomic E-state index is 0.0227. The predicted octanol–water partition coefficient (Wildman–Crippen LogP) is 3.31. The molecule has 0 spiro atoms. The van der Waals surface area contributed by atoms with Crippen molar-refractivity contribution in [2.75, 3.05) is 13.7 Å². The SMILES string of the molecule is COCCn1c(C)cc(C(=O)Cn2nnc(-c3cccc(C(F)(F)F)c3)n2)c1C. The van der Waals surface area contributed by atoms with Gasteiger partial charge in [-0.2, -0.15) is 18.0 Å². The molecule has 0 radical (unpaired) electrons. The van der Waals surface area contributed by atoms with Gasteiger partial charge in [-0.3, -0.25) is 4.79 Å². The average Bonchev–Trinajstić information content (AvgIpc) is 3.24. The Bertz CT molecular complexity index is 1020. The van der Waals surface area contributed by atoms with Gasteiger partial charge in [0, 0.05) is 36.2 Å². The molecule has 0 bridgehead atoms. The summed E-state index contributed by atoms with van der Waals surface area (Å²) < 4.78 is 45.7. The highest BCUT2D eigenvalue weighted by Gasteiger charge is 2.30. The zero-order valence-corrected chi connectivity index (χ0v) is 16.2. The lowest BCUT2D eigenvalue weighted by Gasteiger charge is -2.08. The van der Waals surface area contributed by atoms with Gasteiger partial charge in [-0.15, -0.1) is 10.2 Å². The van der Waals surface area contributed by atoms with Gasteiger partial charge in [-0.1, -0.05) is 12.1 Å². The van der Waals surface area contributed by atoms with Crippen LogP contribution in [0.2, 0.25) is 0 Å². The van der Waals surface area contributed by atoms with Crippen molar-refractivity contribution < 1.29 is 22.7 Å². The first kappa shape index (κ1) is 20.7. The Morgan fingerprint density at radius 1 is 1.21 bits per heavy atom. The molecule has 0 aliphatic rings. The Morgan fingerprint density at radius 3 is 2.66 bits per heavy atom. The molecule has 154 valence electrons. The molecule has 2 heterocycles. The molecular formula is C19H20F3N5O2. The van der Waals surface area contributed by atoms with Crippen molar-refractivity contribution in [1.82, 2.24) is 24.8 Å². The maximum absolute atomic E-state index is 12.9. The first-order valence-corrected chi connectivity index (χ1v) is 8.85. The van der Waals surface area contributed by atoms with Gasteiger partial charge in [-0.05, 0) is 37.3 Å². The largest absolute Gasteiger partial charge is 0.416 e. The minimum Gasteiger partial charge on any atom is -0.383 e. The van der Waals surface area contributed by atoms with E-state index in [1.165, 1.54) is 12.1 Å². The van der Waals surface area contributed by atoms with Gasteiger partial charge in [0.15, 0.2) is 5.78 Å². The summed E-state index contributed by atoms with van der Waals surface area (Å²) in [7, 11) is 1.61. The van der Waals surface area contributed by atoms with Crippen LogP contribution in [0.5, 0.6) is 0 Å². The van der Waals surface area contributed by atoms with Crippen LogP contribution in [0.15, 0.2) is 30.3 Å². The lowest BCUT2D eigenvalue weighted by atomic mass is 10.1. The molecule has 2 aromatic heterocycles. The van der Waals surface area contributed by atoms with E-state index in [1.807, 2.05) is 18.4 Å². The van der Waals surface area contributed by atoms with E-state index in [2.05, 4.69) is 15.4 Å². The number of halogens is 3. The summed E-state index contributed by atoms with van der Waals surface area (Å²) in [6.07, 6.45) is -4.46. The number of alkyl halides is 3. The van der Waals surface area contributed by atoms with E-state index >= 15 is 0 Å². The van der Waals surface area contributed by atoms with Crippen LogP contribution in [-0.2, 0) is 24.0 Å². The fourth-order valence-electron chi connectivity index (χ4n) is 3.08. The lowest BCUT2D eigenvalue weighted by Crippen LogP contribution is -2.14. The van der Waals surface area contributed by atoms with Gasteiger partial charge in [0.05, 0.1) is 12.2 Å². The standard InChI is InChI=1S/C19H20F3N5O2/c1-12-9-16(13(2)26(12)7-8-29-3)17(28)11-27-24-18(23-25-27)14-5-4-6-15(10-14)19(20,21)22/h4-6,9-10H,7-8,11H2,1-3H3. The first-order chi connectivity index (χ1) is 13.7. The Labute approximate surface area is 165 Å². The van der Waals surface area contributed by atoms with Crippen LogP contribution in [0, 0.1) is 13.8 Å². The number of carbonyl (C=O) groups excluding carboxylic acids is 1. The van der Waals surface area contributed by atoms with Crippen LogP contribution in [0.25, 0.3) is 11.4 Å². The third kappa shape index (κ3) is 4.53. The molecule has 10 heteroatoms. The summed E-state index contributed by atoms with van der Waals surface area (Å²) in [4.78, 5) is 13.8. The number of methoxy groups -OCH3 is 1. The molecule has 0 atom stereocenters. The van der Waals surface area contributed by atoms with Crippen molar-refractivity contribution >= 4 is 5.78 Å². The number of hydrogen-bond donors (Lipinski definition) is 0. The second-order valence-corrected chi connectivity index (χ2v) is 6.57. The van der Waals surface area contributed by atoms with E-state index in [1.54, 1.807) is 13.2 Å². The Balaban J connectivity index is 1.78. The number of ketones is 1. The van der Waals surface area contributed by atoms with Crippen LogP contribution in [0.1, 0.15) is 27.3 Å². The molecule has 0 aliphatic heterocycles. The molecule has 0 saturated carbocycles. The van der Waals surface area contributed by atoms with Gasteiger partial charge in [-0.25, -0.2) is 0 Å². The van der Waals surface area contributed by atoms with Crippen molar-refractivity contribution in [2.45, 2.75) is 33.1 Å². The number of benzene rings is 1. The number of tetrazole rings is 1. The van der Waals surface area contributed by atoms with Crippen molar-refractivity contribution in [3.8, 4) is 11.4 Å². The Morgan fingerprint density at radius 2 is 1.97 bits per heavy atom. The normalized spacial score (nSPS) is 11.8. The van der Waals surface area contributed by atoms with E-state index < -0.39 is 11.7 Å². The highest BCUT2D eigenvalue weighted by molar-refractivity contribution is 5.97. The summed E-state index contributed by atoms with van der Waals surface area (Å²) in [6.45, 7) is 4.73. The number of ether oxygens (including phenoxy) is 1. The number of hydrogen-bond acceptors (Lipinski definition) is 5. The molecule has 0 unspecified atom stereocenters. The summed E-state index contributed by atoms with van der Waals surface area (Å²) in [5.74, 6) is -0.191. The minimum atomic E-state index is -4.46. The summed E-state index contributed by atoms with van der Waals surface area (Å²) in [5, 5.41) is 11.6. The van der Waals surface area contributed by atoms with Gasteiger partial charge >= 0.3 is 6.18 Å². The lowest BCUT2D eigenvalue weighted by molar-refractivity contribution is -0.137. The number of carbonyl (C=O) groups is 1. The highest BCUT2D eigenvalue weighted by Crippen LogP contribution is 2.31. The topological polar surface area (TPSA) is 74.8 Å². The maximum atomic E-state index is 12.9. The van der Waals surface area contributed by atoms with E-state index in [-0.39, 0.29) is 23.7 Å². The van der Waals surface area contributed by atoms with E-state index in [0.717, 1.165) is 28.3 Å². The van der Waals surface area contributed by atoms with Crippen molar-refractivity contribution in [3.63, 3.8) is 0 Å². The molecule has 0 fully saturated rings. The monoisotopic (exact) mass is 407 g/mol. The van der Waals surface area contributed by atoms with E-state index in [9.17, 15) is 18.0 Å². The smallest absolute Gasteiger partial charge is 0.383 e. The number of Topliss-reactive ketones (excluding diaryl/α,β-unsaturated/α-hetero) is 1. The van der Waals surface area contributed by atoms with Gasteiger partial charge in [0.1, 0.15) is 6.54 Å². The Kier molecular flexibility index (Phi) is 5.83. The molecule has 0 amide bonds. The van der Waals surface area contributed by atoms with Crippen LogP contribution in [0.4, 0.5) is 13.2 Å². The first-order valence-electron chi connectivity index (χ1n) is 8.85. The Hall–Kier alpha value is -3.01. The molecule has 0 aliphatic carbocycles. The fourth-order valence-corrected chi connectivity index (χ4v) is 3.08. The number of rotatable bonds is 7. The molecule has 0 saturated heterocycles. The zero-order chi connectivity index (χ0) is 21.2. The molecule has 7 nitrogen and oxygen atoms in total. The van der Waals surface area contributed by atoms with E-state index in [0.29, 0.717) is 18.7 Å². The average molecular weight is 407 g/mol. The molecular weight excluding hydrogens is 387 g/mol. The molecule has 1 aromatic carbocycles. The van der Waals surface area contributed by atoms with Crippen LogP contribution >= 0.6 is 0 Å². The molecule has 29 heavy (non-hydrogen) atoms. The van der Waals surface area contributed by atoms with Crippen LogP contribution in [0.3, 0.4) is 0 Å². The number of nitrogens with zero attached hydrogens (tertiary/aromatic N) is 5. The number of aryl methyl sites for hydroxylation is 1. The quantitative estimate of drug-likeness (QED) is 0.562. The molecule has 0 N–H and O–H groups in total. The summed E-state index contributed by atoms with van der Waals surface area (Å²) in [6, 6.07) is 6.45. The second kappa shape index (κ2) is 8.16. The van der Waals surface area contributed by atoms with Crippen molar-refractivity contribution in [3.05, 3.63) is 52.8 Å². The summed E-state index contributed by atoms with van der Waals surface area (Å²) >= 11 is 0. The van der Waals surface area contributed by atoms with Crippen molar-refractivity contribution in [2.24, 2.45) is 0 Å². The van der Waals surface area contributed by atoms with Gasteiger partial charge in [0.25, 0.3) is 0 Å². The van der Waals surface area contributed by atoms with Gasteiger partial charge < -0.3 is 9.30 Å². The number of aromatic nitrogens is 5. The summed E-state index contributed by atoms with van der Waals surface area (Å²) in [5.41, 5.74) is 1.65. The zero-order valence-electron chi connectivity index (χ0n) is 16.2.